The second-order valence-corrected chi connectivity index (χ2v) is 4.44. The van der Waals surface area contributed by atoms with Gasteiger partial charge in [-0.1, -0.05) is 19.9 Å². The Hall–Kier alpha value is -1.91. The van der Waals surface area contributed by atoms with Crippen molar-refractivity contribution in [2.75, 3.05) is 11.9 Å². The van der Waals surface area contributed by atoms with E-state index >= 15 is 0 Å². The number of rotatable bonds is 4. The number of aliphatic carboxylic acids is 1. The summed E-state index contributed by atoms with van der Waals surface area (Å²) < 4.78 is 13.1. The number of hydrogen-bond donors (Lipinski definition) is 1. The highest BCUT2D eigenvalue weighted by Crippen LogP contribution is 2.20. The number of halogens is 1. The van der Waals surface area contributed by atoms with Crippen LogP contribution in [0.5, 0.6) is 0 Å². The summed E-state index contributed by atoms with van der Waals surface area (Å²) in [5.41, 5.74) is 0.340. The Labute approximate surface area is 105 Å². The van der Waals surface area contributed by atoms with Gasteiger partial charge >= 0.3 is 5.97 Å². The van der Waals surface area contributed by atoms with Crippen molar-refractivity contribution in [3.63, 3.8) is 0 Å². The molecule has 1 atom stereocenters. The second-order valence-electron chi connectivity index (χ2n) is 4.44. The molecular weight excluding hydrogens is 237 g/mol. The van der Waals surface area contributed by atoms with E-state index < -0.39 is 23.6 Å². The summed E-state index contributed by atoms with van der Waals surface area (Å²) in [5, 5.41) is 9.04. The Morgan fingerprint density at radius 3 is 2.39 bits per heavy atom. The van der Waals surface area contributed by atoms with Crippen molar-refractivity contribution < 1.29 is 19.1 Å². The molecule has 0 saturated carbocycles. The number of benzene rings is 1. The molecule has 0 spiro atoms. The van der Waals surface area contributed by atoms with E-state index in [1.807, 2.05) is 0 Å². The van der Waals surface area contributed by atoms with Gasteiger partial charge < -0.3 is 10.0 Å². The zero-order valence-electron chi connectivity index (χ0n) is 10.6. The van der Waals surface area contributed by atoms with E-state index in [4.69, 9.17) is 5.11 Å². The van der Waals surface area contributed by atoms with Crippen molar-refractivity contribution in [2.45, 2.75) is 13.8 Å². The van der Waals surface area contributed by atoms with Gasteiger partial charge in [-0.3, -0.25) is 9.59 Å². The van der Waals surface area contributed by atoms with E-state index in [-0.39, 0.29) is 5.92 Å². The van der Waals surface area contributed by atoms with Gasteiger partial charge in [0.05, 0.1) is 0 Å². The fourth-order valence-corrected chi connectivity index (χ4v) is 1.70. The van der Waals surface area contributed by atoms with Crippen molar-refractivity contribution >= 4 is 17.6 Å². The third kappa shape index (κ3) is 3.06. The van der Waals surface area contributed by atoms with Gasteiger partial charge in [-0.05, 0) is 24.1 Å². The Morgan fingerprint density at radius 1 is 1.33 bits per heavy atom. The maximum atomic E-state index is 13.1. The van der Waals surface area contributed by atoms with Gasteiger partial charge in [0.25, 0.3) is 0 Å². The van der Waals surface area contributed by atoms with E-state index in [9.17, 15) is 14.0 Å². The maximum absolute atomic E-state index is 13.1. The summed E-state index contributed by atoms with van der Waals surface area (Å²) in [5.74, 6) is -3.64. The number of carboxylic acid groups (broad SMARTS) is 1. The monoisotopic (exact) mass is 253 g/mol. The Kier molecular flexibility index (Phi) is 4.42. The Morgan fingerprint density at radius 2 is 1.94 bits per heavy atom. The number of carbonyl (C=O) groups excluding carboxylic acids is 1. The summed E-state index contributed by atoms with van der Waals surface area (Å²) in [6.07, 6.45) is 0. The Bertz CT molecular complexity index is 459. The van der Waals surface area contributed by atoms with Crippen LogP contribution in [0.15, 0.2) is 24.3 Å². The molecule has 0 aliphatic rings. The van der Waals surface area contributed by atoms with Crippen molar-refractivity contribution in [3.8, 4) is 0 Å². The maximum Gasteiger partial charge on any atom is 0.316 e. The summed E-state index contributed by atoms with van der Waals surface area (Å²) in [7, 11) is 1.44. The van der Waals surface area contributed by atoms with Crippen molar-refractivity contribution in [1.82, 2.24) is 0 Å². The molecule has 0 heterocycles. The van der Waals surface area contributed by atoms with Crippen LogP contribution in [-0.2, 0) is 9.59 Å². The van der Waals surface area contributed by atoms with Gasteiger partial charge in [-0.15, -0.1) is 0 Å². The molecule has 0 bridgehead atoms. The number of amides is 1. The lowest BCUT2D eigenvalue weighted by Gasteiger charge is -2.23. The molecule has 1 aromatic carbocycles. The summed E-state index contributed by atoms with van der Waals surface area (Å²) >= 11 is 0. The van der Waals surface area contributed by atoms with Crippen LogP contribution in [0.1, 0.15) is 13.8 Å². The molecule has 1 rings (SSSR count). The molecule has 0 radical (unpaired) electrons. The Balaban J connectivity index is 2.99. The number of carboxylic acids is 1. The first kappa shape index (κ1) is 14.2. The van der Waals surface area contributed by atoms with E-state index in [1.54, 1.807) is 19.9 Å². The lowest BCUT2D eigenvalue weighted by atomic mass is 9.94. The third-order valence-corrected chi connectivity index (χ3v) is 2.72. The molecule has 1 N–H and O–H groups in total. The molecule has 0 aromatic heterocycles. The van der Waals surface area contributed by atoms with E-state index in [2.05, 4.69) is 0 Å². The fourth-order valence-electron chi connectivity index (χ4n) is 1.70. The van der Waals surface area contributed by atoms with Gasteiger partial charge in [0.1, 0.15) is 11.7 Å². The first-order valence-corrected chi connectivity index (χ1v) is 5.60. The second kappa shape index (κ2) is 5.62. The van der Waals surface area contributed by atoms with Crippen LogP contribution in [-0.4, -0.2) is 24.0 Å². The summed E-state index contributed by atoms with van der Waals surface area (Å²) in [6.45, 7) is 3.33. The van der Waals surface area contributed by atoms with Crippen molar-refractivity contribution in [1.29, 1.82) is 0 Å². The molecule has 5 heteroatoms. The molecule has 0 aliphatic heterocycles. The first-order chi connectivity index (χ1) is 8.34. The normalized spacial score (nSPS) is 12.3. The van der Waals surface area contributed by atoms with Crippen LogP contribution in [0.25, 0.3) is 0 Å². The van der Waals surface area contributed by atoms with E-state index in [1.165, 1.54) is 30.1 Å². The lowest BCUT2D eigenvalue weighted by Crippen LogP contribution is -2.39. The van der Waals surface area contributed by atoms with Crippen LogP contribution >= 0.6 is 0 Å². The molecule has 4 nitrogen and oxygen atoms in total. The minimum absolute atomic E-state index is 0.328. The van der Waals surface area contributed by atoms with Crippen LogP contribution in [0, 0.1) is 17.7 Å². The minimum Gasteiger partial charge on any atom is -0.481 e. The van der Waals surface area contributed by atoms with Crippen LogP contribution in [0.2, 0.25) is 0 Å². The van der Waals surface area contributed by atoms with E-state index in [0.717, 1.165) is 0 Å². The highest BCUT2D eigenvalue weighted by atomic mass is 19.1. The molecule has 1 amide bonds. The zero-order chi connectivity index (χ0) is 13.9. The smallest absolute Gasteiger partial charge is 0.316 e. The average molecular weight is 253 g/mol. The first-order valence-electron chi connectivity index (χ1n) is 5.60. The predicted octanol–water partition coefficient (Wildman–Crippen LogP) is 2.15. The summed E-state index contributed by atoms with van der Waals surface area (Å²) in [4.78, 5) is 24.3. The molecular formula is C13H16FNO3. The molecule has 0 saturated heterocycles. The fraction of sp³-hybridized carbons (Fsp3) is 0.385. The molecule has 18 heavy (non-hydrogen) atoms. The number of anilines is 1. The number of carbonyl (C=O) groups is 2. The van der Waals surface area contributed by atoms with Crippen LogP contribution in [0.4, 0.5) is 10.1 Å². The highest BCUT2D eigenvalue weighted by Gasteiger charge is 2.32. The topological polar surface area (TPSA) is 57.6 Å². The van der Waals surface area contributed by atoms with Crippen molar-refractivity contribution in [2.24, 2.45) is 11.8 Å². The van der Waals surface area contributed by atoms with Gasteiger partial charge in [0, 0.05) is 12.7 Å². The molecule has 98 valence electrons. The largest absolute Gasteiger partial charge is 0.481 e. The highest BCUT2D eigenvalue weighted by molar-refractivity contribution is 6.05. The number of nitrogens with zero attached hydrogens (tertiary/aromatic N) is 1. The SMILES string of the molecule is CC(C)C(C(=O)O)C(=O)N(C)c1cccc(F)c1. The van der Waals surface area contributed by atoms with Gasteiger partial charge in [-0.2, -0.15) is 0 Å². The summed E-state index contributed by atoms with van der Waals surface area (Å²) in [6, 6.07) is 5.48. The van der Waals surface area contributed by atoms with Crippen molar-refractivity contribution in [3.05, 3.63) is 30.1 Å². The van der Waals surface area contributed by atoms with Crippen LogP contribution in [0.3, 0.4) is 0 Å². The number of hydrogen-bond acceptors (Lipinski definition) is 2. The van der Waals surface area contributed by atoms with E-state index in [0.29, 0.717) is 5.69 Å². The third-order valence-electron chi connectivity index (χ3n) is 2.72. The molecule has 0 fully saturated rings. The molecule has 1 aromatic rings. The standard InChI is InChI=1S/C13H16FNO3/c1-8(2)11(13(17)18)12(16)15(3)10-6-4-5-9(14)7-10/h4-8,11H,1-3H3,(H,17,18). The molecule has 1 unspecified atom stereocenters. The van der Waals surface area contributed by atoms with Gasteiger partial charge in [0.2, 0.25) is 5.91 Å². The molecule has 0 aliphatic carbocycles. The zero-order valence-corrected chi connectivity index (χ0v) is 10.6. The lowest BCUT2D eigenvalue weighted by molar-refractivity contribution is -0.147. The van der Waals surface area contributed by atoms with Gasteiger partial charge in [0.15, 0.2) is 0 Å². The predicted molar refractivity (Wildman–Crippen MR) is 65.8 cm³/mol. The minimum atomic E-state index is -1.17. The average Bonchev–Trinajstić information content (AvgIpc) is 2.26. The van der Waals surface area contributed by atoms with Gasteiger partial charge in [-0.25, -0.2) is 4.39 Å². The van der Waals surface area contributed by atoms with Crippen LogP contribution < -0.4 is 4.90 Å². The quantitative estimate of drug-likeness (QED) is 0.836.